The molecule has 7 nitrogen and oxygen atoms in total. The Balaban J connectivity index is 1.86. The van der Waals surface area contributed by atoms with Gasteiger partial charge in [0.1, 0.15) is 24.4 Å². The van der Waals surface area contributed by atoms with Crippen molar-refractivity contribution >= 4 is 5.78 Å². The lowest BCUT2D eigenvalue weighted by molar-refractivity contribution is -0.353. The standard InChI is InChI=1S/C16H24O7/c1-7-4-9(18)8-5-16(7,15(8,2)3)23-14-13(21)12(20)11(19)10(6-17)22-14/h4,8,10-14,17,19-21H,5-6H2,1-3H3/t8?,10-,11-,12+,13-,14+,16?/m1/s1. The predicted octanol–water partition coefficient (Wildman–Crippen LogP) is -0.883. The molecule has 0 radical (unpaired) electrons. The molecule has 7 heteroatoms. The van der Waals surface area contributed by atoms with E-state index >= 15 is 0 Å². The minimum Gasteiger partial charge on any atom is -0.394 e. The van der Waals surface area contributed by atoms with Crippen LogP contribution in [0.3, 0.4) is 0 Å². The molecule has 1 saturated carbocycles. The Bertz CT molecular complexity index is 541. The lowest BCUT2D eigenvalue weighted by atomic mass is 9.45. The fourth-order valence-corrected chi connectivity index (χ4v) is 4.17. The van der Waals surface area contributed by atoms with Gasteiger partial charge in [-0.2, -0.15) is 0 Å². The number of hydrogen-bond donors (Lipinski definition) is 4. The number of allylic oxidation sites excluding steroid dienone is 1. The number of aliphatic hydroxyl groups is 4. The maximum atomic E-state index is 12.0. The van der Waals surface area contributed by atoms with Crippen molar-refractivity contribution in [1.29, 1.82) is 0 Å². The van der Waals surface area contributed by atoms with Crippen LogP contribution >= 0.6 is 0 Å². The van der Waals surface area contributed by atoms with E-state index in [1.54, 1.807) is 13.0 Å². The molecule has 4 N–H and O–H groups in total. The van der Waals surface area contributed by atoms with Crippen LogP contribution in [0, 0.1) is 11.3 Å². The molecule has 4 aliphatic rings. The van der Waals surface area contributed by atoms with Crippen LogP contribution in [0.5, 0.6) is 0 Å². The molecule has 4 rings (SSSR count). The third-order valence-electron chi connectivity index (χ3n) is 5.91. The minimum absolute atomic E-state index is 0.0757. The van der Waals surface area contributed by atoms with E-state index in [1.807, 2.05) is 13.8 Å². The van der Waals surface area contributed by atoms with Crippen LogP contribution in [-0.4, -0.2) is 69.1 Å². The van der Waals surface area contributed by atoms with Crippen LogP contribution in [-0.2, 0) is 14.3 Å². The molecule has 0 aromatic carbocycles. The highest BCUT2D eigenvalue weighted by Crippen LogP contribution is 2.63. The van der Waals surface area contributed by atoms with Gasteiger partial charge in [0, 0.05) is 11.3 Å². The van der Waals surface area contributed by atoms with Gasteiger partial charge in [-0.15, -0.1) is 0 Å². The third kappa shape index (κ3) is 2.15. The average Bonchev–Trinajstić information content (AvgIpc) is 2.49. The monoisotopic (exact) mass is 328 g/mol. The van der Waals surface area contributed by atoms with E-state index in [1.165, 1.54) is 0 Å². The van der Waals surface area contributed by atoms with Crippen LogP contribution in [0.25, 0.3) is 0 Å². The Kier molecular flexibility index (Phi) is 3.95. The van der Waals surface area contributed by atoms with Gasteiger partial charge < -0.3 is 29.9 Å². The van der Waals surface area contributed by atoms with Crippen molar-refractivity contribution in [2.24, 2.45) is 11.3 Å². The highest BCUT2D eigenvalue weighted by atomic mass is 16.7. The summed E-state index contributed by atoms with van der Waals surface area (Å²) in [6.45, 7) is 5.16. The summed E-state index contributed by atoms with van der Waals surface area (Å²) < 4.78 is 11.5. The molecule has 2 fully saturated rings. The molecule has 0 amide bonds. The summed E-state index contributed by atoms with van der Waals surface area (Å²) >= 11 is 0. The van der Waals surface area contributed by atoms with Gasteiger partial charge in [0.2, 0.25) is 0 Å². The number of fused-ring (bicyclic) bond motifs is 1. The molecule has 23 heavy (non-hydrogen) atoms. The van der Waals surface area contributed by atoms with Gasteiger partial charge >= 0.3 is 0 Å². The van der Waals surface area contributed by atoms with Crippen molar-refractivity contribution in [3.63, 3.8) is 0 Å². The fourth-order valence-electron chi connectivity index (χ4n) is 4.17. The van der Waals surface area contributed by atoms with E-state index in [0.717, 1.165) is 5.57 Å². The molecule has 1 heterocycles. The fraction of sp³-hybridized carbons (Fsp3) is 0.812. The largest absolute Gasteiger partial charge is 0.394 e. The van der Waals surface area contributed by atoms with Gasteiger partial charge in [-0.1, -0.05) is 13.8 Å². The number of carbonyl (C=O) groups excluding carboxylic acids is 1. The van der Waals surface area contributed by atoms with Crippen molar-refractivity contribution < 1.29 is 34.7 Å². The summed E-state index contributed by atoms with van der Waals surface area (Å²) in [5.74, 6) is -0.0668. The first-order valence-electron chi connectivity index (χ1n) is 7.86. The minimum atomic E-state index is -1.48. The summed E-state index contributed by atoms with van der Waals surface area (Å²) in [6, 6.07) is 0. The van der Waals surface area contributed by atoms with Crippen molar-refractivity contribution in [2.45, 2.75) is 63.5 Å². The normalized spacial score (nSPS) is 48.7. The van der Waals surface area contributed by atoms with Gasteiger partial charge in [-0.25, -0.2) is 0 Å². The topological polar surface area (TPSA) is 116 Å². The molecular weight excluding hydrogens is 304 g/mol. The summed E-state index contributed by atoms with van der Waals surface area (Å²) in [4.78, 5) is 12.0. The zero-order valence-electron chi connectivity index (χ0n) is 13.5. The first kappa shape index (κ1) is 17.0. The number of rotatable bonds is 3. The molecule has 2 unspecified atom stereocenters. The SMILES string of the molecule is CC1=CC(=O)C2CC1(O[C@@H]1O[C@H](CO)[C@@H](O)[C@H](O)[C@H]1O)C2(C)C. The molecule has 130 valence electrons. The number of carbonyl (C=O) groups is 1. The Morgan fingerprint density at radius 2 is 1.91 bits per heavy atom. The van der Waals surface area contributed by atoms with Crippen molar-refractivity contribution in [2.75, 3.05) is 6.61 Å². The Labute approximate surface area is 134 Å². The van der Waals surface area contributed by atoms with E-state index in [2.05, 4.69) is 0 Å². The predicted molar refractivity (Wildman–Crippen MR) is 78.2 cm³/mol. The molecule has 0 aromatic heterocycles. The maximum Gasteiger partial charge on any atom is 0.187 e. The van der Waals surface area contributed by atoms with Gasteiger partial charge in [0.05, 0.1) is 12.2 Å². The number of hydrogen-bond acceptors (Lipinski definition) is 7. The zero-order valence-corrected chi connectivity index (χ0v) is 13.5. The van der Waals surface area contributed by atoms with Crippen LogP contribution in [0.1, 0.15) is 27.2 Å². The van der Waals surface area contributed by atoms with Crippen LogP contribution in [0.4, 0.5) is 0 Å². The first-order chi connectivity index (χ1) is 10.7. The summed E-state index contributed by atoms with van der Waals surface area (Å²) in [5, 5.41) is 39.2. The van der Waals surface area contributed by atoms with Crippen molar-refractivity contribution in [3.8, 4) is 0 Å². The molecule has 0 aromatic rings. The molecule has 7 atom stereocenters. The molecule has 1 saturated heterocycles. The van der Waals surface area contributed by atoms with Gasteiger partial charge in [-0.3, -0.25) is 4.79 Å². The highest BCUT2D eigenvalue weighted by Gasteiger charge is 2.67. The molecule has 1 aliphatic heterocycles. The quantitative estimate of drug-likeness (QED) is 0.531. The van der Waals surface area contributed by atoms with E-state index in [0.29, 0.717) is 6.42 Å². The molecule has 2 bridgehead atoms. The van der Waals surface area contributed by atoms with Gasteiger partial charge in [0.25, 0.3) is 0 Å². The second-order valence-electron chi connectivity index (χ2n) is 7.35. The van der Waals surface area contributed by atoms with E-state index in [-0.39, 0.29) is 11.7 Å². The number of aliphatic hydroxyl groups excluding tert-OH is 4. The van der Waals surface area contributed by atoms with Gasteiger partial charge in [-0.05, 0) is 25.0 Å². The molecule has 3 aliphatic carbocycles. The second kappa shape index (κ2) is 5.34. The third-order valence-corrected chi connectivity index (χ3v) is 5.91. The van der Waals surface area contributed by atoms with Crippen LogP contribution in [0.15, 0.2) is 11.6 Å². The van der Waals surface area contributed by atoms with Crippen molar-refractivity contribution in [3.05, 3.63) is 11.6 Å². The maximum absolute atomic E-state index is 12.0. The van der Waals surface area contributed by atoms with E-state index in [9.17, 15) is 25.2 Å². The molecular formula is C16H24O7. The average molecular weight is 328 g/mol. The summed E-state index contributed by atoms with van der Waals surface area (Å²) in [6.07, 6.45) is -4.48. The van der Waals surface area contributed by atoms with Crippen LogP contribution < -0.4 is 0 Å². The summed E-state index contributed by atoms with van der Waals surface area (Å²) in [5.41, 5.74) is -0.465. The lowest BCUT2D eigenvalue weighted by Gasteiger charge is -2.64. The lowest BCUT2D eigenvalue weighted by Crippen LogP contribution is -2.70. The Morgan fingerprint density at radius 1 is 1.26 bits per heavy atom. The van der Waals surface area contributed by atoms with E-state index in [4.69, 9.17) is 9.47 Å². The number of ether oxygens (including phenoxy) is 2. The van der Waals surface area contributed by atoms with Crippen LogP contribution in [0.2, 0.25) is 0 Å². The number of ketones is 1. The Hall–Kier alpha value is -0.830. The smallest absolute Gasteiger partial charge is 0.187 e. The van der Waals surface area contributed by atoms with Crippen molar-refractivity contribution in [1.82, 2.24) is 0 Å². The Morgan fingerprint density at radius 3 is 2.43 bits per heavy atom. The second-order valence-corrected chi connectivity index (χ2v) is 7.35. The first-order valence-corrected chi connectivity index (χ1v) is 7.86. The summed E-state index contributed by atoms with van der Waals surface area (Å²) in [7, 11) is 0. The zero-order chi connectivity index (χ0) is 17.2. The molecule has 0 spiro atoms. The van der Waals surface area contributed by atoms with E-state index < -0.39 is 48.3 Å². The van der Waals surface area contributed by atoms with Gasteiger partial charge in [0.15, 0.2) is 12.1 Å². The highest BCUT2D eigenvalue weighted by molar-refractivity contribution is 5.97.